The molecule has 0 amide bonds. The fourth-order valence-corrected chi connectivity index (χ4v) is 4.68. The molecule has 19 heavy (non-hydrogen) atoms. The van der Waals surface area contributed by atoms with Gasteiger partial charge in [-0.1, -0.05) is 11.6 Å². The van der Waals surface area contributed by atoms with E-state index in [1.54, 1.807) is 11.3 Å². The molecular weight excluding hydrogens is 389 g/mol. The molecule has 3 rings (SSSR count). The zero-order valence-corrected chi connectivity index (χ0v) is 14.4. The van der Waals surface area contributed by atoms with Crippen molar-refractivity contribution in [2.75, 3.05) is 5.32 Å². The molecule has 4 heteroatoms. The number of aryl methyl sites for hydroxylation is 2. The molecule has 1 N–H and O–H groups in total. The first-order valence-corrected chi connectivity index (χ1v) is 8.71. The molecule has 0 radical (unpaired) electrons. The van der Waals surface area contributed by atoms with Crippen LogP contribution in [0.4, 0.5) is 5.69 Å². The van der Waals surface area contributed by atoms with Gasteiger partial charge in [0.25, 0.3) is 0 Å². The zero-order chi connectivity index (χ0) is 13.4. The van der Waals surface area contributed by atoms with E-state index in [2.05, 4.69) is 59.1 Å². The third-order valence-electron chi connectivity index (χ3n) is 3.60. The van der Waals surface area contributed by atoms with Crippen LogP contribution in [0.25, 0.3) is 0 Å². The smallest absolute Gasteiger partial charge is 0.0934 e. The number of hydrogen-bond donors (Lipinski definition) is 1. The Kier molecular flexibility index (Phi) is 4.06. The van der Waals surface area contributed by atoms with Crippen LogP contribution in [0.5, 0.6) is 0 Å². The number of benzene rings is 1. The lowest BCUT2D eigenvalue weighted by Gasteiger charge is -2.25. The largest absolute Gasteiger partial charge is 0.378 e. The summed E-state index contributed by atoms with van der Waals surface area (Å²) in [6.07, 6.45) is 3.60. The van der Waals surface area contributed by atoms with E-state index in [1.165, 1.54) is 44.5 Å². The first-order chi connectivity index (χ1) is 9.13. The van der Waals surface area contributed by atoms with Crippen LogP contribution in [0.1, 0.15) is 34.9 Å². The Hall–Kier alpha value is -0.260. The Labute approximate surface area is 136 Å². The molecule has 1 aliphatic carbocycles. The maximum atomic E-state index is 6.16. The van der Waals surface area contributed by atoms with Crippen molar-refractivity contribution in [3.8, 4) is 0 Å². The van der Waals surface area contributed by atoms with Gasteiger partial charge in [0.05, 0.1) is 10.4 Å². The molecule has 100 valence electrons. The normalized spacial score (nSPS) is 18.2. The van der Waals surface area contributed by atoms with Crippen LogP contribution in [0.15, 0.2) is 24.3 Å². The zero-order valence-electron chi connectivity index (χ0n) is 10.7. The number of anilines is 1. The Morgan fingerprint density at radius 3 is 3.00 bits per heavy atom. The second kappa shape index (κ2) is 5.62. The highest BCUT2D eigenvalue weighted by molar-refractivity contribution is 14.1. The Bertz CT molecular complexity index is 608. The summed E-state index contributed by atoms with van der Waals surface area (Å²) in [4.78, 5) is 1.46. The number of hydrogen-bond acceptors (Lipinski definition) is 2. The van der Waals surface area contributed by atoms with Crippen molar-refractivity contribution in [1.82, 2.24) is 0 Å². The second-order valence-electron chi connectivity index (χ2n) is 4.98. The van der Waals surface area contributed by atoms with Gasteiger partial charge in [0.15, 0.2) is 0 Å². The van der Waals surface area contributed by atoms with Crippen LogP contribution in [0.2, 0.25) is 4.34 Å². The van der Waals surface area contributed by atoms with Crippen molar-refractivity contribution in [1.29, 1.82) is 0 Å². The van der Waals surface area contributed by atoms with Crippen molar-refractivity contribution >= 4 is 51.2 Å². The molecule has 0 fully saturated rings. The number of nitrogens with one attached hydrogen (secondary N) is 1. The minimum Gasteiger partial charge on any atom is -0.378 e. The van der Waals surface area contributed by atoms with E-state index in [-0.39, 0.29) is 0 Å². The van der Waals surface area contributed by atoms with Crippen molar-refractivity contribution in [2.24, 2.45) is 0 Å². The summed E-state index contributed by atoms with van der Waals surface area (Å²) in [7, 11) is 0. The van der Waals surface area contributed by atoms with Crippen molar-refractivity contribution in [2.45, 2.75) is 32.2 Å². The Balaban J connectivity index is 1.88. The molecular formula is C15H15ClINS. The quantitative estimate of drug-likeness (QED) is 0.624. The average molecular weight is 404 g/mol. The SMILES string of the molecule is Cc1cc(I)ccc1NC1CCCc2sc(Cl)cc21. The molecule has 1 aliphatic rings. The summed E-state index contributed by atoms with van der Waals surface area (Å²) in [5, 5.41) is 3.69. The van der Waals surface area contributed by atoms with Crippen molar-refractivity contribution in [3.63, 3.8) is 0 Å². The summed E-state index contributed by atoms with van der Waals surface area (Å²) < 4.78 is 2.20. The number of thiophene rings is 1. The molecule has 1 heterocycles. The summed E-state index contributed by atoms with van der Waals surface area (Å²) in [5.41, 5.74) is 3.94. The molecule has 0 spiro atoms. The summed E-state index contributed by atoms with van der Waals surface area (Å²) in [6, 6.07) is 9.10. The van der Waals surface area contributed by atoms with E-state index in [9.17, 15) is 0 Å². The highest BCUT2D eigenvalue weighted by Crippen LogP contribution is 2.39. The lowest BCUT2D eigenvalue weighted by atomic mass is 9.93. The third kappa shape index (κ3) is 2.93. The maximum absolute atomic E-state index is 6.16. The number of halogens is 2. The third-order valence-corrected chi connectivity index (χ3v) is 5.61. The van der Waals surface area contributed by atoms with Crippen LogP contribution in [0.3, 0.4) is 0 Å². The minimum atomic E-state index is 0.409. The lowest BCUT2D eigenvalue weighted by Crippen LogP contribution is -2.16. The van der Waals surface area contributed by atoms with Gasteiger partial charge in [0.1, 0.15) is 0 Å². The predicted molar refractivity (Wildman–Crippen MR) is 92.5 cm³/mol. The molecule has 1 atom stereocenters. The van der Waals surface area contributed by atoms with Gasteiger partial charge in [-0.05, 0) is 84.2 Å². The fraction of sp³-hybridized carbons (Fsp3) is 0.333. The first-order valence-electron chi connectivity index (χ1n) is 6.44. The van der Waals surface area contributed by atoms with Gasteiger partial charge in [-0.25, -0.2) is 0 Å². The van der Waals surface area contributed by atoms with E-state index >= 15 is 0 Å². The summed E-state index contributed by atoms with van der Waals surface area (Å²) in [5.74, 6) is 0. The first kappa shape index (κ1) is 13.7. The molecule has 0 saturated carbocycles. The van der Waals surface area contributed by atoms with Crippen LogP contribution in [0, 0.1) is 10.5 Å². The molecule has 0 saturated heterocycles. The Morgan fingerprint density at radius 2 is 2.21 bits per heavy atom. The standard InChI is InChI=1S/C15H15ClINS/c1-9-7-10(17)5-6-12(9)18-13-3-2-4-14-11(13)8-15(16)19-14/h5-8,13,18H,2-4H2,1H3. The van der Waals surface area contributed by atoms with Gasteiger partial charge in [-0.3, -0.25) is 0 Å². The highest BCUT2D eigenvalue weighted by Gasteiger charge is 2.22. The van der Waals surface area contributed by atoms with Crippen molar-refractivity contribution in [3.05, 3.63) is 48.2 Å². The van der Waals surface area contributed by atoms with Gasteiger partial charge < -0.3 is 5.32 Å². The topological polar surface area (TPSA) is 12.0 Å². The predicted octanol–water partition coefficient (Wildman–Crippen LogP) is 5.80. The second-order valence-corrected chi connectivity index (χ2v) is 7.99. The van der Waals surface area contributed by atoms with Crippen LogP contribution >= 0.6 is 45.5 Å². The van der Waals surface area contributed by atoms with Crippen LogP contribution < -0.4 is 5.32 Å². The van der Waals surface area contributed by atoms with Gasteiger partial charge >= 0.3 is 0 Å². The van der Waals surface area contributed by atoms with Gasteiger partial charge in [-0.15, -0.1) is 11.3 Å². The number of rotatable bonds is 2. The monoisotopic (exact) mass is 403 g/mol. The maximum Gasteiger partial charge on any atom is 0.0934 e. The fourth-order valence-electron chi connectivity index (χ4n) is 2.65. The van der Waals surface area contributed by atoms with E-state index in [4.69, 9.17) is 11.6 Å². The number of fused-ring (bicyclic) bond motifs is 1. The van der Waals surface area contributed by atoms with Gasteiger partial charge in [-0.2, -0.15) is 0 Å². The van der Waals surface area contributed by atoms with E-state index in [1.807, 2.05) is 0 Å². The highest BCUT2D eigenvalue weighted by atomic mass is 127. The molecule has 1 aromatic carbocycles. The molecule has 1 nitrogen and oxygen atoms in total. The Morgan fingerprint density at radius 1 is 1.37 bits per heavy atom. The molecule has 1 unspecified atom stereocenters. The van der Waals surface area contributed by atoms with Gasteiger partial charge in [0, 0.05) is 14.1 Å². The molecule has 1 aromatic heterocycles. The molecule has 2 aromatic rings. The van der Waals surface area contributed by atoms with Crippen LogP contribution in [-0.4, -0.2) is 0 Å². The van der Waals surface area contributed by atoms with Crippen LogP contribution in [-0.2, 0) is 6.42 Å². The summed E-state index contributed by atoms with van der Waals surface area (Å²) in [6.45, 7) is 2.16. The van der Waals surface area contributed by atoms with E-state index in [0.717, 1.165) is 4.34 Å². The summed E-state index contributed by atoms with van der Waals surface area (Å²) >= 11 is 10.2. The lowest BCUT2D eigenvalue weighted by molar-refractivity contribution is 0.608. The van der Waals surface area contributed by atoms with E-state index in [0.29, 0.717) is 6.04 Å². The van der Waals surface area contributed by atoms with Gasteiger partial charge in [0.2, 0.25) is 0 Å². The average Bonchev–Trinajstić information content (AvgIpc) is 2.74. The molecule has 0 bridgehead atoms. The molecule has 0 aliphatic heterocycles. The minimum absolute atomic E-state index is 0.409. The van der Waals surface area contributed by atoms with E-state index < -0.39 is 0 Å². The van der Waals surface area contributed by atoms with Crippen molar-refractivity contribution < 1.29 is 0 Å².